The number of hydroxylamine groups is 6. The SMILES string of the molecule is CCCCCCCc1noc(C2=CCC[N+](C)(OC(=O)C(=O)O[N+]3(C)CCC=C(c4nc(CCCCCCC)no4)C3)C2)n1. The van der Waals surface area contributed by atoms with E-state index in [0.717, 1.165) is 49.7 Å². The Morgan fingerprint density at radius 1 is 0.682 bits per heavy atom. The van der Waals surface area contributed by atoms with Gasteiger partial charge >= 0.3 is 11.9 Å². The van der Waals surface area contributed by atoms with Crippen molar-refractivity contribution in [2.75, 3.05) is 40.3 Å². The van der Waals surface area contributed by atoms with Crippen molar-refractivity contribution in [3.63, 3.8) is 0 Å². The van der Waals surface area contributed by atoms with Crippen molar-refractivity contribution < 1.29 is 37.6 Å². The first-order valence-corrected chi connectivity index (χ1v) is 16.4. The fourth-order valence-corrected chi connectivity index (χ4v) is 5.72. The predicted molar refractivity (Wildman–Crippen MR) is 163 cm³/mol. The summed E-state index contributed by atoms with van der Waals surface area (Å²) in [7, 11) is 3.52. The molecule has 0 saturated carbocycles. The minimum absolute atomic E-state index is 0.118. The number of aromatic nitrogens is 4. The van der Waals surface area contributed by atoms with E-state index in [0.29, 0.717) is 62.5 Å². The average molecular weight is 615 g/mol. The normalized spacial score (nSPS) is 21.9. The van der Waals surface area contributed by atoms with Crippen LogP contribution in [0.1, 0.15) is 114 Å². The van der Waals surface area contributed by atoms with Gasteiger partial charge in [-0.15, -0.1) is 9.29 Å². The van der Waals surface area contributed by atoms with E-state index in [1.54, 1.807) is 14.1 Å². The van der Waals surface area contributed by atoms with E-state index in [1.807, 2.05) is 12.2 Å². The molecule has 12 nitrogen and oxygen atoms in total. The van der Waals surface area contributed by atoms with Crippen molar-refractivity contribution in [3.05, 3.63) is 35.6 Å². The lowest BCUT2D eigenvalue weighted by Gasteiger charge is -2.34. The molecule has 0 bridgehead atoms. The fraction of sp³-hybridized carbons (Fsp3) is 0.688. The average Bonchev–Trinajstić information content (AvgIpc) is 3.67. The van der Waals surface area contributed by atoms with Crippen LogP contribution in [-0.2, 0) is 32.1 Å². The Bertz CT molecular complexity index is 1200. The largest absolute Gasteiger partial charge is 0.480 e. The zero-order valence-corrected chi connectivity index (χ0v) is 27.0. The summed E-state index contributed by atoms with van der Waals surface area (Å²) >= 11 is 0. The van der Waals surface area contributed by atoms with E-state index < -0.39 is 11.9 Å². The maximum Gasteiger partial charge on any atom is 0.480 e. The molecule has 0 radical (unpaired) electrons. The van der Waals surface area contributed by atoms with E-state index in [1.165, 1.54) is 38.5 Å². The number of carbonyl (C=O) groups excluding carboxylic acids is 2. The zero-order valence-electron chi connectivity index (χ0n) is 27.0. The smallest absolute Gasteiger partial charge is 0.334 e. The minimum atomic E-state index is -1.04. The Kier molecular flexibility index (Phi) is 12.2. The van der Waals surface area contributed by atoms with Crippen molar-refractivity contribution in [2.45, 2.75) is 104 Å². The molecule has 4 heterocycles. The standard InChI is InChI=1S/C32H50N6O6/c1-5-7-9-11-13-19-27-33-29(41-35-27)25-17-15-21-37(3,23-25)43-31(39)32(40)44-38(4)22-16-18-26(24-38)30-34-28(36-42-30)20-14-12-10-8-6-2/h17-18H,5-16,19-24H2,1-4H3/q+2. The van der Waals surface area contributed by atoms with Gasteiger partial charge in [0.2, 0.25) is 0 Å². The molecule has 0 amide bonds. The van der Waals surface area contributed by atoms with Gasteiger partial charge in [0, 0.05) is 25.7 Å². The van der Waals surface area contributed by atoms with Gasteiger partial charge in [-0.3, -0.25) is 9.68 Å². The molecule has 4 rings (SSSR count). The van der Waals surface area contributed by atoms with Gasteiger partial charge < -0.3 is 9.05 Å². The molecule has 0 saturated heterocycles. The first-order chi connectivity index (χ1) is 21.2. The van der Waals surface area contributed by atoms with E-state index >= 15 is 0 Å². The van der Waals surface area contributed by atoms with E-state index in [2.05, 4.69) is 34.1 Å². The lowest BCUT2D eigenvalue weighted by molar-refractivity contribution is -1.07. The number of carbonyl (C=O) groups is 2. The number of unbranched alkanes of at least 4 members (excludes halogenated alkanes) is 8. The van der Waals surface area contributed by atoms with Crippen LogP contribution in [0.3, 0.4) is 0 Å². The molecule has 2 aromatic heterocycles. The monoisotopic (exact) mass is 614 g/mol. The van der Waals surface area contributed by atoms with Crippen molar-refractivity contribution in [1.82, 2.24) is 20.3 Å². The van der Waals surface area contributed by atoms with Crippen molar-refractivity contribution in [3.8, 4) is 0 Å². The van der Waals surface area contributed by atoms with Gasteiger partial charge in [-0.25, -0.2) is 9.59 Å². The highest BCUT2D eigenvalue weighted by molar-refractivity contribution is 6.29. The van der Waals surface area contributed by atoms with Gasteiger partial charge in [-0.2, -0.15) is 9.97 Å². The Balaban J connectivity index is 1.26. The first-order valence-electron chi connectivity index (χ1n) is 16.4. The van der Waals surface area contributed by atoms with Crippen LogP contribution in [0.15, 0.2) is 21.2 Å². The number of likely N-dealkylation sites (N-methyl/N-ethyl adjacent to an activating group) is 2. The Morgan fingerprint density at radius 2 is 1.09 bits per heavy atom. The molecule has 2 aliphatic heterocycles. The molecule has 0 aromatic carbocycles. The van der Waals surface area contributed by atoms with Gasteiger partial charge in [0.1, 0.15) is 40.3 Å². The number of quaternary nitrogens is 2. The maximum absolute atomic E-state index is 12.9. The molecule has 0 fully saturated rings. The Labute approximate surface area is 260 Å². The van der Waals surface area contributed by atoms with Gasteiger partial charge in [-0.1, -0.05) is 87.7 Å². The molecule has 0 N–H and O–H groups in total. The number of hydrogen-bond acceptors (Lipinski definition) is 10. The summed E-state index contributed by atoms with van der Waals surface area (Å²) in [5, 5.41) is 8.27. The van der Waals surface area contributed by atoms with Crippen molar-refractivity contribution in [2.24, 2.45) is 0 Å². The third-order valence-electron chi connectivity index (χ3n) is 8.26. The molecule has 0 aliphatic carbocycles. The molecular formula is C32H50N6O6+2. The van der Waals surface area contributed by atoms with E-state index in [-0.39, 0.29) is 9.29 Å². The number of hydrogen-bond donors (Lipinski definition) is 0. The Morgan fingerprint density at radius 3 is 1.50 bits per heavy atom. The van der Waals surface area contributed by atoms with Crippen LogP contribution in [0.5, 0.6) is 0 Å². The van der Waals surface area contributed by atoms with Crippen molar-refractivity contribution >= 4 is 23.1 Å². The molecule has 2 aliphatic rings. The van der Waals surface area contributed by atoms with E-state index in [4.69, 9.17) is 18.7 Å². The lowest BCUT2D eigenvalue weighted by atomic mass is 10.1. The highest BCUT2D eigenvalue weighted by Gasteiger charge is 2.41. The third kappa shape index (κ3) is 9.82. The Hall–Kier alpha value is -3.38. The van der Waals surface area contributed by atoms with Crippen LogP contribution in [0, 0.1) is 0 Å². The summed E-state index contributed by atoms with van der Waals surface area (Å²) in [6, 6.07) is 0. The van der Waals surface area contributed by atoms with Crippen LogP contribution in [0.2, 0.25) is 0 Å². The molecule has 2 atom stereocenters. The second-order valence-corrected chi connectivity index (χ2v) is 12.5. The zero-order chi connectivity index (χ0) is 31.4. The van der Waals surface area contributed by atoms with Gasteiger partial charge in [0.15, 0.2) is 11.6 Å². The van der Waals surface area contributed by atoms with Gasteiger partial charge in [-0.05, 0) is 12.8 Å². The summed E-state index contributed by atoms with van der Waals surface area (Å²) in [6.07, 6.45) is 18.5. The van der Waals surface area contributed by atoms with Gasteiger partial charge in [0.05, 0.1) is 11.1 Å². The van der Waals surface area contributed by atoms with E-state index in [9.17, 15) is 9.59 Å². The molecule has 242 valence electrons. The summed E-state index contributed by atoms with van der Waals surface area (Å²) in [4.78, 5) is 46.4. The molecule has 2 unspecified atom stereocenters. The van der Waals surface area contributed by atoms with Crippen LogP contribution < -0.4 is 0 Å². The predicted octanol–water partition coefficient (Wildman–Crippen LogP) is 5.56. The highest BCUT2D eigenvalue weighted by Crippen LogP contribution is 2.27. The number of nitrogens with zero attached hydrogens (tertiary/aromatic N) is 6. The maximum atomic E-state index is 12.9. The van der Waals surface area contributed by atoms with Crippen LogP contribution >= 0.6 is 0 Å². The van der Waals surface area contributed by atoms with Crippen LogP contribution in [-0.4, -0.2) is 81.8 Å². The molecular weight excluding hydrogens is 564 g/mol. The van der Waals surface area contributed by atoms with Crippen molar-refractivity contribution in [1.29, 1.82) is 0 Å². The highest BCUT2D eigenvalue weighted by atomic mass is 16.8. The third-order valence-corrected chi connectivity index (χ3v) is 8.26. The second kappa shape index (κ2) is 16.1. The molecule has 12 heteroatoms. The minimum Gasteiger partial charge on any atom is -0.334 e. The number of aryl methyl sites for hydroxylation is 2. The van der Waals surface area contributed by atoms with Crippen LogP contribution in [0.25, 0.3) is 11.1 Å². The molecule has 44 heavy (non-hydrogen) atoms. The summed E-state index contributed by atoms with van der Waals surface area (Å²) in [5.41, 5.74) is 1.60. The van der Waals surface area contributed by atoms with Gasteiger partial charge in [0.25, 0.3) is 11.8 Å². The topological polar surface area (TPSA) is 130 Å². The molecule has 2 aromatic rings. The lowest BCUT2D eigenvalue weighted by Crippen LogP contribution is -2.53. The second-order valence-electron chi connectivity index (χ2n) is 12.5. The number of rotatable bonds is 16. The summed E-state index contributed by atoms with van der Waals surface area (Å²) in [5.74, 6) is 0.161. The van der Waals surface area contributed by atoms with Crippen LogP contribution in [0.4, 0.5) is 0 Å². The summed E-state index contributed by atoms with van der Waals surface area (Å²) in [6.45, 7) is 6.05. The molecule has 0 spiro atoms. The summed E-state index contributed by atoms with van der Waals surface area (Å²) < 4.78 is 10.8. The quantitative estimate of drug-likeness (QED) is 0.134. The fourth-order valence-electron chi connectivity index (χ4n) is 5.72. The first kappa shape index (κ1) is 33.5.